The summed E-state index contributed by atoms with van der Waals surface area (Å²) in [5.74, 6) is 1.79. The topological polar surface area (TPSA) is 64.5 Å². The Morgan fingerprint density at radius 2 is 1.97 bits per heavy atom. The SMILES string of the molecule is CCOc1cccc2sc(N(Cc3cccnc3)C(=O)CSc3ccc(OC)cc3)nc12. The molecule has 2 aromatic carbocycles. The highest BCUT2D eigenvalue weighted by Crippen LogP contribution is 2.35. The number of methoxy groups -OCH3 is 1. The summed E-state index contributed by atoms with van der Waals surface area (Å²) in [7, 11) is 1.64. The number of nitrogens with zero attached hydrogens (tertiary/aromatic N) is 3. The van der Waals surface area contributed by atoms with Crippen molar-refractivity contribution in [3.05, 3.63) is 72.6 Å². The van der Waals surface area contributed by atoms with Crippen molar-refractivity contribution < 1.29 is 14.3 Å². The first kappa shape index (κ1) is 22.1. The molecule has 0 fully saturated rings. The van der Waals surface area contributed by atoms with E-state index in [4.69, 9.17) is 14.5 Å². The second-order valence-corrected chi connectivity index (χ2v) is 8.90. The number of carbonyl (C=O) groups is 1. The minimum atomic E-state index is -0.0216. The normalized spacial score (nSPS) is 10.8. The van der Waals surface area contributed by atoms with Crippen LogP contribution in [0, 0.1) is 0 Å². The molecule has 1 amide bonds. The first-order valence-electron chi connectivity index (χ1n) is 10.2. The number of anilines is 1. The predicted molar refractivity (Wildman–Crippen MR) is 130 cm³/mol. The highest BCUT2D eigenvalue weighted by molar-refractivity contribution is 8.00. The number of rotatable bonds is 9. The van der Waals surface area contributed by atoms with E-state index in [9.17, 15) is 4.79 Å². The minimum Gasteiger partial charge on any atom is -0.497 e. The molecular weight excluding hydrogens is 442 g/mol. The molecule has 0 spiro atoms. The molecule has 2 heterocycles. The molecule has 0 bridgehead atoms. The Bertz CT molecular complexity index is 1180. The van der Waals surface area contributed by atoms with E-state index in [0.29, 0.717) is 24.0 Å². The molecule has 4 aromatic rings. The van der Waals surface area contributed by atoms with Crippen molar-refractivity contribution in [2.75, 3.05) is 24.4 Å². The Morgan fingerprint density at radius 3 is 2.69 bits per heavy atom. The van der Waals surface area contributed by atoms with E-state index in [-0.39, 0.29) is 5.91 Å². The van der Waals surface area contributed by atoms with Gasteiger partial charge in [-0.15, -0.1) is 11.8 Å². The third-order valence-corrected chi connectivity index (χ3v) is 6.73. The molecule has 0 saturated carbocycles. The number of hydrogen-bond acceptors (Lipinski definition) is 7. The second kappa shape index (κ2) is 10.5. The Morgan fingerprint density at radius 1 is 1.12 bits per heavy atom. The summed E-state index contributed by atoms with van der Waals surface area (Å²) >= 11 is 2.98. The molecule has 0 aliphatic carbocycles. The van der Waals surface area contributed by atoms with Crippen LogP contribution in [0.3, 0.4) is 0 Å². The molecule has 0 N–H and O–H groups in total. The summed E-state index contributed by atoms with van der Waals surface area (Å²) < 4.78 is 11.9. The smallest absolute Gasteiger partial charge is 0.239 e. The van der Waals surface area contributed by atoms with Crippen LogP contribution >= 0.6 is 23.1 Å². The van der Waals surface area contributed by atoms with Gasteiger partial charge in [-0.3, -0.25) is 14.7 Å². The number of amides is 1. The number of pyridine rings is 1. The zero-order valence-corrected chi connectivity index (χ0v) is 19.5. The molecule has 0 atom stereocenters. The lowest BCUT2D eigenvalue weighted by Gasteiger charge is -2.19. The first-order chi connectivity index (χ1) is 15.7. The largest absolute Gasteiger partial charge is 0.497 e. The van der Waals surface area contributed by atoms with Gasteiger partial charge in [-0.25, -0.2) is 4.98 Å². The lowest BCUT2D eigenvalue weighted by atomic mass is 10.2. The van der Waals surface area contributed by atoms with Gasteiger partial charge in [0.05, 0.1) is 30.7 Å². The highest BCUT2D eigenvalue weighted by atomic mass is 32.2. The zero-order valence-electron chi connectivity index (χ0n) is 17.9. The van der Waals surface area contributed by atoms with E-state index in [1.165, 1.54) is 23.1 Å². The van der Waals surface area contributed by atoms with E-state index in [1.807, 2.05) is 61.5 Å². The number of thioether (sulfide) groups is 1. The Labute approximate surface area is 195 Å². The van der Waals surface area contributed by atoms with Crippen molar-refractivity contribution in [1.29, 1.82) is 0 Å². The molecule has 0 radical (unpaired) electrons. The summed E-state index contributed by atoms with van der Waals surface area (Å²) in [5.41, 5.74) is 1.72. The molecule has 32 heavy (non-hydrogen) atoms. The molecule has 6 nitrogen and oxygen atoms in total. The Kier molecular flexibility index (Phi) is 7.24. The lowest BCUT2D eigenvalue weighted by Crippen LogP contribution is -2.31. The lowest BCUT2D eigenvalue weighted by molar-refractivity contribution is -0.116. The molecule has 0 aliphatic heterocycles. The van der Waals surface area contributed by atoms with Gasteiger partial charge in [0.25, 0.3) is 0 Å². The summed E-state index contributed by atoms with van der Waals surface area (Å²) in [5, 5.41) is 0.649. The number of hydrogen-bond donors (Lipinski definition) is 0. The number of ether oxygens (including phenoxy) is 2. The van der Waals surface area contributed by atoms with Crippen LogP contribution in [-0.2, 0) is 11.3 Å². The third-order valence-electron chi connectivity index (χ3n) is 4.69. The van der Waals surface area contributed by atoms with Gasteiger partial charge < -0.3 is 9.47 Å². The predicted octanol–water partition coefficient (Wildman–Crippen LogP) is 5.42. The van der Waals surface area contributed by atoms with Crippen molar-refractivity contribution in [2.45, 2.75) is 18.4 Å². The van der Waals surface area contributed by atoms with Gasteiger partial charge in [0.2, 0.25) is 5.91 Å². The molecule has 164 valence electrons. The van der Waals surface area contributed by atoms with Gasteiger partial charge in [-0.2, -0.15) is 0 Å². The van der Waals surface area contributed by atoms with Crippen molar-refractivity contribution in [3.8, 4) is 11.5 Å². The molecule has 0 aliphatic rings. The van der Waals surface area contributed by atoms with E-state index in [1.54, 1.807) is 24.4 Å². The van der Waals surface area contributed by atoms with Crippen LogP contribution in [-0.4, -0.2) is 35.3 Å². The number of thiazole rings is 1. The van der Waals surface area contributed by atoms with Gasteiger partial charge in [0.1, 0.15) is 17.0 Å². The number of fused-ring (bicyclic) bond motifs is 1. The van der Waals surface area contributed by atoms with Crippen molar-refractivity contribution >= 4 is 44.4 Å². The average molecular weight is 466 g/mol. The molecular formula is C24H23N3O3S2. The quantitative estimate of drug-likeness (QED) is 0.307. The summed E-state index contributed by atoms with van der Waals surface area (Å²) in [6, 6.07) is 17.4. The van der Waals surface area contributed by atoms with E-state index >= 15 is 0 Å². The summed E-state index contributed by atoms with van der Waals surface area (Å²) in [4.78, 5) is 25.0. The van der Waals surface area contributed by atoms with Crippen LogP contribution < -0.4 is 14.4 Å². The van der Waals surface area contributed by atoms with Crippen LogP contribution in [0.25, 0.3) is 10.2 Å². The maximum absolute atomic E-state index is 13.3. The fourth-order valence-corrected chi connectivity index (χ4v) is 4.90. The van der Waals surface area contributed by atoms with Crippen LogP contribution in [0.4, 0.5) is 5.13 Å². The highest BCUT2D eigenvalue weighted by Gasteiger charge is 2.21. The molecule has 0 saturated heterocycles. The Hall–Kier alpha value is -3.10. The minimum absolute atomic E-state index is 0.0216. The third kappa shape index (κ3) is 5.20. The van der Waals surface area contributed by atoms with Crippen LogP contribution in [0.15, 0.2) is 71.9 Å². The van der Waals surface area contributed by atoms with Gasteiger partial charge in [0, 0.05) is 17.3 Å². The van der Waals surface area contributed by atoms with Crippen LogP contribution in [0.5, 0.6) is 11.5 Å². The van der Waals surface area contributed by atoms with E-state index < -0.39 is 0 Å². The summed E-state index contributed by atoms with van der Waals surface area (Å²) in [6.07, 6.45) is 3.50. The zero-order chi connectivity index (χ0) is 22.3. The first-order valence-corrected chi connectivity index (χ1v) is 12.0. The fourth-order valence-electron chi connectivity index (χ4n) is 3.13. The number of para-hydroxylation sites is 1. The standard InChI is InChI=1S/C24H23N3O3S2/c1-3-30-20-7-4-8-21-23(20)26-24(32-21)27(15-17-6-5-13-25-14-17)22(28)16-31-19-11-9-18(29-2)10-12-19/h4-14H,3,15-16H2,1-2H3. The number of benzene rings is 2. The van der Waals surface area contributed by atoms with Crippen LogP contribution in [0.1, 0.15) is 12.5 Å². The maximum atomic E-state index is 13.3. The molecule has 8 heteroatoms. The Balaban J connectivity index is 1.60. The van der Waals surface area contributed by atoms with Crippen molar-refractivity contribution in [1.82, 2.24) is 9.97 Å². The monoisotopic (exact) mass is 465 g/mol. The second-order valence-electron chi connectivity index (χ2n) is 6.84. The van der Waals surface area contributed by atoms with E-state index in [0.717, 1.165) is 32.2 Å². The molecule has 2 aromatic heterocycles. The number of aromatic nitrogens is 2. The van der Waals surface area contributed by atoms with Crippen molar-refractivity contribution in [2.24, 2.45) is 0 Å². The molecule has 4 rings (SSSR count). The van der Waals surface area contributed by atoms with Gasteiger partial charge in [0.15, 0.2) is 5.13 Å². The summed E-state index contributed by atoms with van der Waals surface area (Å²) in [6.45, 7) is 2.91. The van der Waals surface area contributed by atoms with Crippen LogP contribution in [0.2, 0.25) is 0 Å². The van der Waals surface area contributed by atoms with E-state index in [2.05, 4.69) is 4.98 Å². The maximum Gasteiger partial charge on any atom is 0.239 e. The fraction of sp³-hybridized carbons (Fsp3) is 0.208. The van der Waals surface area contributed by atoms with Gasteiger partial charge >= 0.3 is 0 Å². The average Bonchev–Trinajstić information content (AvgIpc) is 3.27. The number of carbonyl (C=O) groups excluding carboxylic acids is 1. The van der Waals surface area contributed by atoms with Gasteiger partial charge in [-0.05, 0) is 55.0 Å². The molecule has 0 unspecified atom stereocenters. The van der Waals surface area contributed by atoms with Crippen molar-refractivity contribution in [3.63, 3.8) is 0 Å². The van der Waals surface area contributed by atoms with Gasteiger partial charge in [-0.1, -0.05) is 23.5 Å².